The molecule has 0 unspecified atom stereocenters. The second kappa shape index (κ2) is 23.8. The third-order valence-electron chi connectivity index (χ3n) is 0. The molecule has 0 aromatic heterocycles. The van der Waals surface area contributed by atoms with E-state index in [1.165, 1.54) is 0 Å². The summed E-state index contributed by atoms with van der Waals surface area (Å²) < 4.78 is 2.08. The summed E-state index contributed by atoms with van der Waals surface area (Å²) in [5, 5.41) is 0. The summed E-state index contributed by atoms with van der Waals surface area (Å²) in [4.78, 5) is 0. The molecule has 0 bridgehead atoms. The molecule has 0 fully saturated rings. The molecule has 0 aromatic carbocycles. The SMILES string of the molecule is [Er].[Ir][Md].[Pd]. The predicted molar refractivity (Wildman–Crippen MR) is 0 cm³/mol. The Kier molecular flexibility index (Phi) is 105. The van der Waals surface area contributed by atoms with Gasteiger partial charge in [-0.2, -0.15) is 0 Å². The van der Waals surface area contributed by atoms with Gasteiger partial charge in [0.2, 0.25) is 0 Å². The van der Waals surface area contributed by atoms with Gasteiger partial charge in [0.05, 0.1) is 0 Å². The molecule has 44 valence electrons. The minimum Gasteiger partial charge on any atom is 0 e. The Hall–Kier alpha value is 1.56. The maximum absolute atomic E-state index is 2.08. The van der Waals surface area contributed by atoms with Crippen LogP contribution < -0.4 is 0 Å². The van der Waals surface area contributed by atoms with Crippen molar-refractivity contribution in [2.75, 3.05) is 0 Å². The largest absolute Gasteiger partial charge is 0 e. The Morgan fingerprint density at radius 2 is 1.25 bits per heavy atom. The van der Waals surface area contributed by atoms with Gasteiger partial charge in [-0.15, -0.1) is 0 Å². The molecule has 0 spiro atoms. The maximum atomic E-state index is 2.08. The van der Waals surface area contributed by atoms with Crippen LogP contribution in [0.1, 0.15) is 0 Å². The smallest absolute Gasteiger partial charge is 0 e. The van der Waals surface area contributed by atoms with E-state index in [1.807, 2.05) is 20.1 Å². The van der Waals surface area contributed by atoms with E-state index >= 15 is 0 Å². The average Bonchev–Trinajstić information content (AvgIpc) is 1.00. The number of hydrogen-bond donors (Lipinski definition) is 0. The fraction of sp³-hybridized carbons (Fsp3) is 0. The zero-order chi connectivity index (χ0) is 2.00. The van der Waals surface area contributed by atoms with Gasteiger partial charge < -0.3 is 0 Å². The molecule has 0 nitrogen and oxygen atoms in total. The first kappa shape index (κ1) is 17.6. The summed E-state index contributed by atoms with van der Waals surface area (Å²) in [5.41, 5.74) is 0. The molecule has 0 aromatic rings. The van der Waals surface area contributed by atoms with Crippen LogP contribution in [0.3, 0.4) is 0 Å². The molecule has 4 heteroatoms. The van der Waals surface area contributed by atoms with Gasteiger partial charge in [-0.05, 0) is 0 Å². The molecule has 0 aliphatic heterocycles. The van der Waals surface area contributed by atoms with Gasteiger partial charge in [0, 0.05) is 57.7 Å². The van der Waals surface area contributed by atoms with Crippen LogP contribution in [0.25, 0.3) is 0 Å². The fourth-order valence-corrected chi connectivity index (χ4v) is 0. The summed E-state index contributed by atoms with van der Waals surface area (Å²) in [6, 6.07) is 0. The van der Waals surface area contributed by atoms with Crippen molar-refractivity contribution in [2.24, 2.45) is 0 Å². The molecule has 0 aliphatic carbocycles. The molecule has 0 radical (unpaired) electrons. The summed E-state index contributed by atoms with van der Waals surface area (Å²) in [5.74, 6) is 0. The van der Waals surface area contributed by atoms with Gasteiger partial charge in [0.25, 0.3) is 0 Å². The van der Waals surface area contributed by atoms with Gasteiger partial charge >= 0.3 is 20.1 Å². The molecule has 0 amide bonds. The Labute approximate surface area is 76.3 Å². The molecular weight excluding hydrogens is 724 g/mol. The minimum absolute atomic E-state index is 0. The van der Waals surface area contributed by atoms with Crippen molar-refractivity contribution in [3.05, 3.63) is 0 Å². The van der Waals surface area contributed by atoms with E-state index < -0.39 is 0 Å². The fourth-order valence-electron chi connectivity index (χ4n) is 0. The maximum Gasteiger partial charge on any atom is 0 e. The Morgan fingerprint density at radius 1 is 1.25 bits per heavy atom. The summed E-state index contributed by atoms with van der Waals surface area (Å²) in [6.45, 7) is 0. The molecule has 0 aliphatic rings. The molecular formula is ErIrMdPd. The monoisotopic (exact) mass is 723 g/mol. The second-order valence-corrected chi connectivity index (χ2v) is 0. The number of rotatable bonds is 0. The average molecular weight is 724 g/mol. The van der Waals surface area contributed by atoms with Crippen molar-refractivity contribution in [1.82, 2.24) is 0 Å². The first-order chi connectivity index (χ1) is 1.00. The van der Waals surface area contributed by atoms with E-state index in [-0.39, 0.29) is 57.7 Å². The zero-order valence-corrected chi connectivity index (χ0v) is 9.33. The van der Waals surface area contributed by atoms with Crippen LogP contribution in [0.2, 0.25) is 0 Å². The number of hydrogen-bond acceptors (Lipinski definition) is 0. The van der Waals surface area contributed by atoms with Crippen LogP contribution in [0.5, 0.6) is 0 Å². The van der Waals surface area contributed by atoms with E-state index in [4.69, 9.17) is 0 Å². The van der Waals surface area contributed by atoms with E-state index in [9.17, 15) is 0 Å². The Bertz CT molecular complexity index is 8.00. The molecule has 0 heterocycles. The van der Waals surface area contributed by atoms with Crippen LogP contribution in [0.4, 0.5) is 0 Å². The van der Waals surface area contributed by atoms with Crippen molar-refractivity contribution in [3.63, 3.8) is 0 Å². The van der Waals surface area contributed by atoms with Crippen molar-refractivity contribution in [3.8, 4) is 0 Å². The topological polar surface area (TPSA) is 0 Å². The van der Waals surface area contributed by atoms with Crippen LogP contribution in [0, 0.1) is 37.3 Å². The first-order valence-corrected chi connectivity index (χ1v) is 7.06. The van der Waals surface area contributed by atoms with E-state index in [2.05, 4.69) is 0 Å². The van der Waals surface area contributed by atoms with Crippen molar-refractivity contribution in [2.45, 2.75) is 0 Å². The van der Waals surface area contributed by atoms with Gasteiger partial charge in [0.15, 0.2) is 0 Å². The zero-order valence-electron chi connectivity index (χ0n) is 1.22. The van der Waals surface area contributed by atoms with Crippen molar-refractivity contribution >= 4 is 0 Å². The normalized spacial score (nSPS) is 2.00. The Balaban J connectivity index is -0.00000000500. The molecule has 0 rings (SSSR count). The van der Waals surface area contributed by atoms with Crippen LogP contribution >= 0.6 is 0 Å². The van der Waals surface area contributed by atoms with Crippen LogP contribution in [0.15, 0.2) is 0 Å². The summed E-state index contributed by atoms with van der Waals surface area (Å²) >= 11 is 1.98. The van der Waals surface area contributed by atoms with Gasteiger partial charge in [-0.3, -0.25) is 0 Å². The molecule has 0 N–H and O–H groups in total. The van der Waals surface area contributed by atoms with Crippen LogP contribution in [-0.4, -0.2) is 0 Å². The van der Waals surface area contributed by atoms with E-state index in [0.29, 0.717) is 0 Å². The second-order valence-electron chi connectivity index (χ2n) is 0. The van der Waals surface area contributed by atoms with Gasteiger partial charge in [-0.1, -0.05) is 0 Å². The first-order valence-electron chi connectivity index (χ1n) is 0.0925. The van der Waals surface area contributed by atoms with Crippen molar-refractivity contribution in [1.29, 1.82) is 0 Å². The van der Waals surface area contributed by atoms with Crippen molar-refractivity contribution < 1.29 is 77.8 Å². The quantitative estimate of drug-likeness (QED) is 0.309. The van der Waals surface area contributed by atoms with Crippen LogP contribution in [-0.2, 0) is 40.5 Å². The Morgan fingerprint density at radius 3 is 1.25 bits per heavy atom. The minimum atomic E-state index is 0. The third kappa shape index (κ3) is 9.59. The van der Waals surface area contributed by atoms with Gasteiger partial charge in [-0.25, -0.2) is 0 Å². The third-order valence-corrected chi connectivity index (χ3v) is 0. The van der Waals surface area contributed by atoms with Gasteiger partial charge in [0.1, 0.15) is 0 Å². The molecule has 0 saturated carbocycles. The molecule has 0 saturated heterocycles. The summed E-state index contributed by atoms with van der Waals surface area (Å²) in [7, 11) is 0. The molecule has 0 atom stereocenters. The molecule has 4 heavy (non-hydrogen) atoms. The summed E-state index contributed by atoms with van der Waals surface area (Å²) in [6.07, 6.45) is 0. The standard InChI is InChI=1S/Er.Ir.Md.Pd. The predicted octanol–water partition coefficient (Wildman–Crippen LogP) is -0.00500. The van der Waals surface area contributed by atoms with E-state index in [1.54, 1.807) is 0 Å². The van der Waals surface area contributed by atoms with E-state index in [0.717, 1.165) is 0 Å².